The van der Waals surface area contributed by atoms with Crippen molar-refractivity contribution >= 4 is 5.97 Å². The van der Waals surface area contributed by atoms with E-state index in [-0.39, 0.29) is 44.1 Å². The van der Waals surface area contributed by atoms with Crippen LogP contribution in [-0.2, 0) is 14.9 Å². The molecule has 1 aliphatic rings. The topological polar surface area (TPSA) is 72.5 Å². The number of hydrogen-bond acceptors (Lipinski definition) is 3. The summed E-state index contributed by atoms with van der Waals surface area (Å²) in [4.78, 5) is 11.7. The molecule has 34 heavy (non-hydrogen) atoms. The highest BCUT2D eigenvalue weighted by Gasteiger charge is 2.51. The molecule has 10 heteroatoms. The van der Waals surface area contributed by atoms with E-state index in [1.54, 1.807) is 25.1 Å². The molecule has 1 aliphatic carbocycles. The summed E-state index contributed by atoms with van der Waals surface area (Å²) in [7, 11) is 0. The quantitative estimate of drug-likeness (QED) is 0.330. The van der Waals surface area contributed by atoms with Gasteiger partial charge in [-0.1, -0.05) is 50.3 Å². The van der Waals surface area contributed by atoms with Gasteiger partial charge < -0.3 is 15.6 Å². The number of alkyl halides is 6. The minimum atomic E-state index is -4.96. The summed E-state index contributed by atoms with van der Waals surface area (Å²) in [5.74, 6) is -3.41. The van der Waals surface area contributed by atoms with Gasteiger partial charge in [0.1, 0.15) is 5.54 Å². The van der Waals surface area contributed by atoms with Crippen LogP contribution in [0.4, 0.5) is 26.3 Å². The van der Waals surface area contributed by atoms with E-state index < -0.39 is 40.8 Å². The molecule has 3 N–H and O–H groups in total. The molecule has 0 heterocycles. The van der Waals surface area contributed by atoms with Gasteiger partial charge in [0.15, 0.2) is 0 Å². The van der Waals surface area contributed by atoms with Crippen molar-refractivity contribution in [3.63, 3.8) is 0 Å². The zero-order valence-corrected chi connectivity index (χ0v) is 19.0. The summed E-state index contributed by atoms with van der Waals surface area (Å²) >= 11 is 0. The Hall–Kier alpha value is -2.33. The second-order valence-electron chi connectivity index (χ2n) is 8.88. The Labute approximate surface area is 194 Å². The van der Waals surface area contributed by atoms with Crippen molar-refractivity contribution in [1.29, 1.82) is 0 Å². The lowest BCUT2D eigenvalue weighted by molar-refractivity contribution is -0.157. The van der Waals surface area contributed by atoms with Crippen LogP contribution in [0.3, 0.4) is 0 Å². The fourth-order valence-corrected chi connectivity index (χ4v) is 4.10. The van der Waals surface area contributed by atoms with Gasteiger partial charge in [-0.15, -0.1) is 0 Å². The first-order valence-electron chi connectivity index (χ1n) is 10.8. The van der Waals surface area contributed by atoms with Crippen molar-refractivity contribution in [2.24, 2.45) is 11.7 Å². The molecule has 0 amide bonds. The Kier molecular flexibility index (Phi) is 8.63. The van der Waals surface area contributed by atoms with Gasteiger partial charge in [-0.2, -0.15) is 26.3 Å². The van der Waals surface area contributed by atoms with E-state index in [2.05, 4.69) is 0 Å². The van der Waals surface area contributed by atoms with E-state index in [1.807, 2.05) is 12.1 Å². The van der Waals surface area contributed by atoms with E-state index in [4.69, 9.17) is 10.5 Å². The van der Waals surface area contributed by atoms with Gasteiger partial charge in [-0.05, 0) is 42.9 Å². The zero-order chi connectivity index (χ0) is 25.8. The maximum atomic E-state index is 13.4. The minimum absolute atomic E-state index is 0.00457. The third-order valence-electron chi connectivity index (χ3n) is 6.27. The Morgan fingerprint density at radius 3 is 2.26 bits per heavy atom. The molecule has 2 rings (SSSR count). The second-order valence-corrected chi connectivity index (χ2v) is 8.88. The Morgan fingerprint density at radius 2 is 1.79 bits per heavy atom. The zero-order valence-electron chi connectivity index (χ0n) is 19.0. The van der Waals surface area contributed by atoms with Crippen LogP contribution >= 0.6 is 0 Å². The molecule has 0 bridgehead atoms. The monoisotopic (exact) mass is 493 g/mol. The molecule has 0 aromatic heterocycles. The molecule has 1 unspecified atom stereocenters. The van der Waals surface area contributed by atoms with Gasteiger partial charge in [0, 0.05) is 5.41 Å². The van der Waals surface area contributed by atoms with Crippen LogP contribution in [0.5, 0.6) is 0 Å². The third-order valence-corrected chi connectivity index (χ3v) is 6.27. The van der Waals surface area contributed by atoms with Gasteiger partial charge in [-0.25, -0.2) is 0 Å². The van der Waals surface area contributed by atoms with Gasteiger partial charge in [0.25, 0.3) is 0 Å². The van der Waals surface area contributed by atoms with E-state index in [0.29, 0.717) is 19.4 Å². The van der Waals surface area contributed by atoms with E-state index in [1.165, 1.54) is 0 Å². The number of benzene rings is 1. The maximum absolute atomic E-state index is 13.4. The van der Waals surface area contributed by atoms with Crippen molar-refractivity contribution in [3.8, 4) is 0 Å². The van der Waals surface area contributed by atoms with E-state index in [0.717, 1.165) is 5.56 Å². The van der Waals surface area contributed by atoms with Gasteiger partial charge in [-0.3, -0.25) is 4.79 Å². The fourth-order valence-electron chi connectivity index (χ4n) is 4.10. The van der Waals surface area contributed by atoms with Crippen molar-refractivity contribution < 1.29 is 41.0 Å². The predicted molar refractivity (Wildman–Crippen MR) is 115 cm³/mol. The molecule has 0 spiro atoms. The average molecular weight is 493 g/mol. The number of hydrogen-bond donors (Lipinski definition) is 2. The van der Waals surface area contributed by atoms with Crippen LogP contribution in [0.2, 0.25) is 0 Å². The number of carbonyl (C=O) groups is 1. The first-order chi connectivity index (χ1) is 15.6. The molecule has 1 saturated carbocycles. The number of rotatable bonds is 9. The Balaban J connectivity index is 2.25. The van der Waals surface area contributed by atoms with Crippen molar-refractivity contribution in [1.82, 2.24) is 0 Å². The highest BCUT2D eigenvalue weighted by atomic mass is 19.4. The summed E-state index contributed by atoms with van der Waals surface area (Å²) in [6, 6.07) is 9.00. The lowest BCUT2D eigenvalue weighted by Gasteiger charge is -2.31. The maximum Gasteiger partial charge on any atom is 0.416 e. The molecular formula is C24H29F6NO3. The normalized spacial score (nSPS) is 25.4. The molecular weight excluding hydrogens is 464 g/mol. The molecule has 1 aromatic carbocycles. The fraction of sp³-hybridized carbons (Fsp3) is 0.542. The molecule has 1 aromatic rings. The van der Waals surface area contributed by atoms with Crippen LogP contribution in [-0.4, -0.2) is 42.2 Å². The van der Waals surface area contributed by atoms with Crippen LogP contribution in [0.15, 0.2) is 53.6 Å². The molecule has 1 fully saturated rings. The summed E-state index contributed by atoms with van der Waals surface area (Å²) in [6.45, 7) is 2.00. The highest BCUT2D eigenvalue weighted by molar-refractivity contribution is 5.79. The Morgan fingerprint density at radius 1 is 1.18 bits per heavy atom. The van der Waals surface area contributed by atoms with Gasteiger partial charge in [0.05, 0.1) is 24.7 Å². The van der Waals surface area contributed by atoms with Crippen molar-refractivity contribution in [2.75, 3.05) is 13.2 Å². The number of allylic oxidation sites excluding steroid dienone is 3. The van der Waals surface area contributed by atoms with E-state index in [9.17, 15) is 36.2 Å². The summed E-state index contributed by atoms with van der Waals surface area (Å²) in [6.07, 6.45) is -8.09. The van der Waals surface area contributed by atoms with Crippen molar-refractivity contribution in [3.05, 3.63) is 59.2 Å². The van der Waals surface area contributed by atoms with Crippen LogP contribution in [0.25, 0.3) is 0 Å². The number of aliphatic carboxylic acids is 1. The number of carboxylic acids is 1. The second kappa shape index (κ2) is 10.5. The average Bonchev–Trinajstić information content (AvgIpc) is 3.11. The van der Waals surface area contributed by atoms with E-state index >= 15 is 0 Å². The molecule has 0 radical (unpaired) electrons. The lowest BCUT2D eigenvalue weighted by atomic mass is 9.78. The van der Waals surface area contributed by atoms with Crippen LogP contribution in [0, 0.1) is 5.92 Å². The molecule has 190 valence electrons. The van der Waals surface area contributed by atoms with Crippen LogP contribution < -0.4 is 5.73 Å². The van der Waals surface area contributed by atoms with Crippen LogP contribution in [0.1, 0.15) is 45.1 Å². The first-order valence-corrected chi connectivity index (χ1v) is 10.8. The first kappa shape index (κ1) is 27.9. The molecule has 0 saturated heterocycles. The molecule has 3 atom stereocenters. The SMILES string of the molecule is CC/C(=C\C(=C/C(C)C(F)(F)F)C(F)(F)F)COC[C@]1(c2ccccc2)CC[C@](N)(C(=O)O)C1. The Bertz CT molecular complexity index is 910. The predicted octanol–water partition coefficient (Wildman–Crippen LogP) is 5.93. The smallest absolute Gasteiger partial charge is 0.416 e. The lowest BCUT2D eigenvalue weighted by Crippen LogP contribution is -2.47. The number of ether oxygens (including phenoxy) is 1. The summed E-state index contributed by atoms with van der Waals surface area (Å²) in [5, 5.41) is 9.54. The number of nitrogens with two attached hydrogens (primary N) is 1. The molecule has 0 aliphatic heterocycles. The third kappa shape index (κ3) is 6.85. The largest absolute Gasteiger partial charge is 0.480 e. The summed E-state index contributed by atoms with van der Waals surface area (Å²) in [5.41, 5.74) is 3.46. The number of halogens is 6. The number of carboxylic acid groups (broad SMARTS) is 1. The van der Waals surface area contributed by atoms with Gasteiger partial charge in [0.2, 0.25) is 0 Å². The minimum Gasteiger partial charge on any atom is -0.480 e. The highest BCUT2D eigenvalue weighted by Crippen LogP contribution is 2.46. The standard InChI is InChI=1S/C24H29F6NO3/c1-3-17(12-19(24(28,29)30)11-16(2)23(25,26)27)13-34-15-21(18-7-5-4-6-8-18)9-10-22(31,14-21)20(32)33/h4-8,11-12,16H,3,9-10,13-15,31H2,1-2H3,(H,32,33)/b17-12+,19-11+/t16?,21-,22+/m0/s1. The van der Waals surface area contributed by atoms with Gasteiger partial charge >= 0.3 is 18.3 Å². The van der Waals surface area contributed by atoms with Crippen molar-refractivity contribution in [2.45, 2.75) is 62.8 Å². The molecule has 4 nitrogen and oxygen atoms in total. The summed E-state index contributed by atoms with van der Waals surface area (Å²) < 4.78 is 84.3.